The molecular weight excluding hydrogens is 408 g/mol. The molecule has 3 saturated heterocycles. The third-order valence-corrected chi connectivity index (χ3v) is 7.89. The van der Waals surface area contributed by atoms with Crippen molar-refractivity contribution in [3.63, 3.8) is 0 Å². The van der Waals surface area contributed by atoms with E-state index in [-0.39, 0.29) is 24.1 Å². The van der Waals surface area contributed by atoms with E-state index in [9.17, 15) is 19.5 Å². The summed E-state index contributed by atoms with van der Waals surface area (Å²) in [6.45, 7) is 4.85. The van der Waals surface area contributed by atoms with Crippen LogP contribution < -0.4 is 10.6 Å². The molecule has 0 aliphatic carbocycles. The van der Waals surface area contributed by atoms with E-state index in [0.717, 1.165) is 69.5 Å². The van der Waals surface area contributed by atoms with Gasteiger partial charge in [-0.3, -0.25) is 24.6 Å². The minimum Gasteiger partial charge on any atom is -0.390 e. The van der Waals surface area contributed by atoms with E-state index in [1.165, 1.54) is 0 Å². The van der Waals surface area contributed by atoms with Crippen molar-refractivity contribution in [1.29, 1.82) is 0 Å². The molecule has 32 heavy (non-hydrogen) atoms. The van der Waals surface area contributed by atoms with Gasteiger partial charge in [0.15, 0.2) is 0 Å². The lowest BCUT2D eigenvalue weighted by Crippen LogP contribution is -2.52. The lowest BCUT2D eigenvalue weighted by molar-refractivity contribution is -0.136. The molecular formula is C24H32N4O4. The number of aliphatic hydroxyl groups is 1. The topological polar surface area (TPSA) is 102 Å². The number of fused-ring (bicyclic) bond motifs is 1. The van der Waals surface area contributed by atoms with E-state index >= 15 is 0 Å². The van der Waals surface area contributed by atoms with Crippen LogP contribution in [-0.4, -0.2) is 70.4 Å². The average Bonchev–Trinajstić information content (AvgIpc) is 3.12. The minimum absolute atomic E-state index is 0.122. The van der Waals surface area contributed by atoms with Gasteiger partial charge < -0.3 is 15.3 Å². The van der Waals surface area contributed by atoms with Gasteiger partial charge in [0, 0.05) is 25.1 Å². The summed E-state index contributed by atoms with van der Waals surface area (Å²) in [7, 11) is 0. The molecule has 4 aliphatic heterocycles. The number of rotatable bonds is 4. The maximum absolute atomic E-state index is 13.0. The number of nitrogens with zero attached hydrogens (tertiary/aromatic N) is 2. The fourth-order valence-electron chi connectivity index (χ4n) is 5.94. The van der Waals surface area contributed by atoms with Crippen LogP contribution in [0.5, 0.6) is 0 Å². The van der Waals surface area contributed by atoms with Crippen LogP contribution in [0, 0.1) is 5.92 Å². The van der Waals surface area contributed by atoms with Gasteiger partial charge in [0.05, 0.1) is 5.60 Å². The molecule has 172 valence electrons. The number of likely N-dealkylation sites (tertiary alicyclic amines) is 1. The number of carbonyl (C=O) groups is 3. The van der Waals surface area contributed by atoms with Gasteiger partial charge in [-0.2, -0.15) is 0 Å². The van der Waals surface area contributed by atoms with Crippen molar-refractivity contribution in [2.45, 2.75) is 63.3 Å². The molecule has 8 heteroatoms. The molecule has 1 unspecified atom stereocenters. The Balaban J connectivity index is 1.25. The molecule has 5 rings (SSSR count). The summed E-state index contributed by atoms with van der Waals surface area (Å²) < 4.78 is 0. The predicted molar refractivity (Wildman–Crippen MR) is 118 cm³/mol. The van der Waals surface area contributed by atoms with Crippen LogP contribution in [0.15, 0.2) is 18.2 Å². The third kappa shape index (κ3) is 3.95. The quantitative estimate of drug-likeness (QED) is 0.598. The number of hydrogen-bond acceptors (Lipinski definition) is 6. The fraction of sp³-hybridized carbons (Fsp3) is 0.625. The van der Waals surface area contributed by atoms with Crippen molar-refractivity contribution in [2.24, 2.45) is 5.92 Å². The largest absolute Gasteiger partial charge is 0.390 e. The van der Waals surface area contributed by atoms with E-state index < -0.39 is 11.6 Å². The van der Waals surface area contributed by atoms with Gasteiger partial charge in [-0.25, -0.2) is 0 Å². The lowest BCUT2D eigenvalue weighted by atomic mass is 9.75. The Morgan fingerprint density at radius 3 is 2.53 bits per heavy atom. The second kappa shape index (κ2) is 8.57. The molecule has 4 heterocycles. The van der Waals surface area contributed by atoms with Crippen LogP contribution in [0.3, 0.4) is 0 Å². The van der Waals surface area contributed by atoms with Crippen molar-refractivity contribution in [2.75, 3.05) is 26.2 Å². The first-order valence-electron chi connectivity index (χ1n) is 11.9. The van der Waals surface area contributed by atoms with Gasteiger partial charge in [-0.05, 0) is 81.4 Å². The molecule has 1 aromatic rings. The molecule has 3 fully saturated rings. The van der Waals surface area contributed by atoms with Crippen LogP contribution in [0.2, 0.25) is 0 Å². The maximum Gasteiger partial charge on any atom is 0.255 e. The Hall–Kier alpha value is -2.29. The zero-order chi connectivity index (χ0) is 22.3. The highest BCUT2D eigenvalue weighted by Crippen LogP contribution is 2.36. The second-order valence-electron chi connectivity index (χ2n) is 9.75. The zero-order valence-corrected chi connectivity index (χ0v) is 18.4. The van der Waals surface area contributed by atoms with Crippen LogP contribution in [-0.2, 0) is 22.7 Å². The van der Waals surface area contributed by atoms with E-state index in [0.29, 0.717) is 24.4 Å². The summed E-state index contributed by atoms with van der Waals surface area (Å²) in [6, 6.07) is 5.25. The molecule has 0 aromatic heterocycles. The average molecular weight is 441 g/mol. The fourth-order valence-corrected chi connectivity index (χ4v) is 5.94. The summed E-state index contributed by atoms with van der Waals surface area (Å²) in [5.41, 5.74) is 2.28. The first-order valence-corrected chi connectivity index (χ1v) is 11.9. The highest BCUT2D eigenvalue weighted by Gasteiger charge is 2.41. The van der Waals surface area contributed by atoms with Crippen LogP contribution in [0.4, 0.5) is 0 Å². The molecule has 1 atom stereocenters. The summed E-state index contributed by atoms with van der Waals surface area (Å²) >= 11 is 0. The first kappa shape index (κ1) is 21.6. The summed E-state index contributed by atoms with van der Waals surface area (Å²) in [5, 5.41) is 16.8. The Bertz CT molecular complexity index is 919. The monoisotopic (exact) mass is 440 g/mol. The van der Waals surface area contributed by atoms with Crippen LogP contribution >= 0.6 is 0 Å². The van der Waals surface area contributed by atoms with Crippen molar-refractivity contribution < 1.29 is 19.5 Å². The Kier molecular flexibility index (Phi) is 5.77. The molecule has 3 N–H and O–H groups in total. The van der Waals surface area contributed by atoms with Crippen molar-refractivity contribution in [3.05, 3.63) is 34.9 Å². The maximum atomic E-state index is 13.0. The van der Waals surface area contributed by atoms with Gasteiger partial charge in [-0.15, -0.1) is 0 Å². The summed E-state index contributed by atoms with van der Waals surface area (Å²) in [5.74, 6) is -0.411. The smallest absolute Gasteiger partial charge is 0.255 e. The van der Waals surface area contributed by atoms with E-state index in [4.69, 9.17) is 0 Å². The van der Waals surface area contributed by atoms with Crippen molar-refractivity contribution in [1.82, 2.24) is 20.4 Å². The number of imide groups is 1. The molecule has 4 aliphatic rings. The van der Waals surface area contributed by atoms with Crippen LogP contribution in [0.25, 0.3) is 0 Å². The van der Waals surface area contributed by atoms with E-state index in [1.54, 1.807) is 4.90 Å². The van der Waals surface area contributed by atoms with E-state index in [2.05, 4.69) is 21.6 Å². The normalized spacial score (nSPS) is 26.8. The van der Waals surface area contributed by atoms with Crippen molar-refractivity contribution >= 4 is 17.7 Å². The molecule has 0 saturated carbocycles. The molecule has 0 spiro atoms. The highest BCUT2D eigenvalue weighted by molar-refractivity contribution is 6.05. The second-order valence-corrected chi connectivity index (χ2v) is 9.75. The first-order chi connectivity index (χ1) is 15.4. The van der Waals surface area contributed by atoms with Gasteiger partial charge in [0.2, 0.25) is 11.8 Å². The number of piperidine rings is 3. The summed E-state index contributed by atoms with van der Waals surface area (Å²) in [4.78, 5) is 40.9. The minimum atomic E-state index is -0.582. The summed E-state index contributed by atoms with van der Waals surface area (Å²) in [6.07, 6.45) is 4.30. The zero-order valence-electron chi connectivity index (χ0n) is 18.4. The predicted octanol–water partition coefficient (Wildman–Crippen LogP) is 0.774. The number of benzene rings is 1. The van der Waals surface area contributed by atoms with Gasteiger partial charge in [0.1, 0.15) is 6.04 Å². The molecule has 0 radical (unpaired) electrons. The van der Waals surface area contributed by atoms with Gasteiger partial charge in [-0.1, -0.05) is 12.1 Å². The van der Waals surface area contributed by atoms with E-state index in [1.807, 2.05) is 12.1 Å². The van der Waals surface area contributed by atoms with Crippen LogP contribution in [0.1, 0.15) is 60.0 Å². The SMILES string of the molecule is O=C1CCC(N2Cc3c(CN4CCC(C5(O)CCNCC5)CC4)cccc3C2=O)C(=O)N1. The number of hydrogen-bond donors (Lipinski definition) is 3. The molecule has 8 nitrogen and oxygen atoms in total. The Labute approximate surface area is 188 Å². The number of amides is 3. The molecule has 0 bridgehead atoms. The standard InChI is InChI=1S/C24H32N4O4/c29-21-5-4-20(22(30)26-21)28-15-19-16(2-1-3-18(19)23(28)31)14-27-12-6-17(7-13-27)24(32)8-10-25-11-9-24/h1-3,17,20,25,32H,4-15H2,(H,26,29,30). The van der Waals surface area contributed by atoms with Gasteiger partial charge in [0.25, 0.3) is 5.91 Å². The Morgan fingerprint density at radius 1 is 1.06 bits per heavy atom. The Morgan fingerprint density at radius 2 is 1.81 bits per heavy atom. The van der Waals surface area contributed by atoms with Gasteiger partial charge >= 0.3 is 0 Å². The lowest BCUT2D eigenvalue weighted by Gasteiger charge is -2.43. The molecule has 3 amide bonds. The third-order valence-electron chi connectivity index (χ3n) is 7.89. The molecule has 1 aromatic carbocycles. The van der Waals surface area contributed by atoms with Crippen molar-refractivity contribution in [3.8, 4) is 0 Å². The number of carbonyl (C=O) groups excluding carboxylic acids is 3. The highest BCUT2D eigenvalue weighted by atomic mass is 16.3. The number of nitrogens with one attached hydrogen (secondary N) is 2.